The van der Waals surface area contributed by atoms with Gasteiger partial charge in [-0.1, -0.05) is 36.8 Å². The Morgan fingerprint density at radius 1 is 1.06 bits per heavy atom. The van der Waals surface area contributed by atoms with E-state index in [-0.39, 0.29) is 12.4 Å². The van der Waals surface area contributed by atoms with E-state index in [2.05, 4.69) is 4.90 Å². The number of rotatable bonds is 3. The van der Waals surface area contributed by atoms with Crippen LogP contribution < -0.4 is 0 Å². The summed E-state index contributed by atoms with van der Waals surface area (Å²) in [5, 5.41) is 0. The van der Waals surface area contributed by atoms with Crippen molar-refractivity contribution in [2.24, 2.45) is 0 Å². The van der Waals surface area contributed by atoms with Crippen LogP contribution in [0.2, 0.25) is 0 Å². The van der Waals surface area contributed by atoms with Crippen LogP contribution in [0.15, 0.2) is 30.3 Å². The van der Waals surface area contributed by atoms with E-state index >= 15 is 0 Å². The Balaban J connectivity index is 0.00000128. The molecule has 0 bridgehead atoms. The number of hydrogen-bond donors (Lipinski definition) is 0. The van der Waals surface area contributed by atoms with Crippen LogP contribution in [-0.2, 0) is 0 Å². The topological polar surface area (TPSA) is 3.24 Å². The van der Waals surface area contributed by atoms with E-state index in [9.17, 15) is 4.39 Å². The van der Waals surface area contributed by atoms with Gasteiger partial charge in [0.05, 0.1) is 0 Å². The van der Waals surface area contributed by atoms with Crippen LogP contribution in [0.5, 0.6) is 0 Å². The lowest BCUT2D eigenvalue weighted by molar-refractivity contribution is 0.167. The summed E-state index contributed by atoms with van der Waals surface area (Å²) in [6.07, 6.45) is 2.92. The summed E-state index contributed by atoms with van der Waals surface area (Å²) in [4.78, 5) is 2.24. The Morgan fingerprint density at radius 3 is 2.31 bits per heavy atom. The second-order valence-electron chi connectivity index (χ2n) is 4.24. The van der Waals surface area contributed by atoms with Crippen LogP contribution in [0.3, 0.4) is 0 Å². The molecule has 1 nitrogen and oxygen atoms in total. The Morgan fingerprint density at radius 2 is 1.69 bits per heavy atom. The molecule has 0 N–H and O–H groups in total. The van der Waals surface area contributed by atoms with Crippen LogP contribution in [0.25, 0.3) is 0 Å². The number of nitrogens with zero attached hydrogens (tertiary/aromatic N) is 1. The van der Waals surface area contributed by atoms with Crippen molar-refractivity contribution in [1.29, 1.82) is 0 Å². The van der Waals surface area contributed by atoms with Crippen LogP contribution >= 0.6 is 12.4 Å². The fraction of sp³-hybridized carbons (Fsp3) is 0.538. The summed E-state index contributed by atoms with van der Waals surface area (Å²) in [6.45, 7) is 2.69. The van der Waals surface area contributed by atoms with Crippen molar-refractivity contribution in [2.45, 2.75) is 25.4 Å². The van der Waals surface area contributed by atoms with Crippen molar-refractivity contribution in [1.82, 2.24) is 4.90 Å². The molecule has 1 heterocycles. The lowest BCUT2D eigenvalue weighted by Gasteiger charge is -2.27. The molecule has 1 atom stereocenters. The second-order valence-corrected chi connectivity index (χ2v) is 4.24. The normalized spacial score (nSPS) is 18.8. The molecule has 0 spiro atoms. The standard InChI is InChI=1S/C13H18FN.ClH/c14-13(12-7-3-1-4-8-12)11-15-9-5-2-6-10-15;/h1,3-4,7-8,13H,2,5-6,9-11H2;1H. The molecule has 1 aromatic carbocycles. The highest BCUT2D eigenvalue weighted by Gasteiger charge is 2.16. The first kappa shape index (κ1) is 13.5. The lowest BCUT2D eigenvalue weighted by Crippen LogP contribution is -2.32. The average molecular weight is 244 g/mol. The van der Waals surface area contributed by atoms with Crippen molar-refractivity contribution >= 4 is 12.4 Å². The molecule has 0 aliphatic carbocycles. The smallest absolute Gasteiger partial charge is 0.138 e. The fourth-order valence-electron chi connectivity index (χ4n) is 2.14. The first-order valence-electron chi connectivity index (χ1n) is 5.77. The number of alkyl halides is 1. The highest BCUT2D eigenvalue weighted by molar-refractivity contribution is 5.85. The highest BCUT2D eigenvalue weighted by atomic mass is 35.5. The molecule has 1 unspecified atom stereocenters. The summed E-state index contributed by atoms with van der Waals surface area (Å²) >= 11 is 0. The van der Waals surface area contributed by atoms with Gasteiger partial charge in [0.15, 0.2) is 0 Å². The summed E-state index contributed by atoms with van der Waals surface area (Å²) in [6, 6.07) is 9.47. The van der Waals surface area contributed by atoms with Gasteiger partial charge in [-0.2, -0.15) is 0 Å². The molecule has 2 rings (SSSR count). The molecule has 1 saturated heterocycles. The molecule has 1 aliphatic heterocycles. The van der Waals surface area contributed by atoms with Gasteiger partial charge in [0, 0.05) is 6.54 Å². The van der Waals surface area contributed by atoms with Gasteiger partial charge in [0.2, 0.25) is 0 Å². The quantitative estimate of drug-likeness (QED) is 0.784. The van der Waals surface area contributed by atoms with E-state index in [0.717, 1.165) is 18.7 Å². The molecular formula is C13H19ClFN. The van der Waals surface area contributed by atoms with E-state index in [1.807, 2.05) is 30.3 Å². The molecule has 1 fully saturated rings. The van der Waals surface area contributed by atoms with Crippen LogP contribution in [0.4, 0.5) is 4.39 Å². The SMILES string of the molecule is Cl.FC(CN1CCCCC1)c1ccccc1. The Bertz CT molecular complexity index is 285. The number of halogens is 2. The molecule has 1 aromatic rings. The molecule has 1 aliphatic rings. The minimum atomic E-state index is -0.829. The Kier molecular flexibility index (Phi) is 5.78. The van der Waals surface area contributed by atoms with Crippen molar-refractivity contribution in [3.05, 3.63) is 35.9 Å². The lowest BCUT2D eigenvalue weighted by atomic mass is 10.1. The molecular weight excluding hydrogens is 225 g/mol. The predicted molar refractivity (Wildman–Crippen MR) is 67.8 cm³/mol. The van der Waals surface area contributed by atoms with Gasteiger partial charge in [-0.25, -0.2) is 4.39 Å². The molecule has 3 heteroatoms. The van der Waals surface area contributed by atoms with Gasteiger partial charge >= 0.3 is 0 Å². The third-order valence-electron chi connectivity index (χ3n) is 3.03. The zero-order valence-electron chi connectivity index (χ0n) is 9.44. The molecule has 16 heavy (non-hydrogen) atoms. The molecule has 0 radical (unpaired) electrons. The van der Waals surface area contributed by atoms with E-state index in [1.165, 1.54) is 19.3 Å². The third-order valence-corrected chi connectivity index (χ3v) is 3.03. The first-order chi connectivity index (χ1) is 7.36. The fourth-order valence-corrected chi connectivity index (χ4v) is 2.14. The van der Waals surface area contributed by atoms with Crippen LogP contribution in [-0.4, -0.2) is 24.5 Å². The monoisotopic (exact) mass is 243 g/mol. The first-order valence-corrected chi connectivity index (χ1v) is 5.77. The maximum atomic E-state index is 13.9. The maximum Gasteiger partial charge on any atom is 0.138 e. The summed E-state index contributed by atoms with van der Waals surface area (Å²) < 4.78 is 13.9. The van der Waals surface area contributed by atoms with Crippen LogP contribution in [0.1, 0.15) is 31.0 Å². The van der Waals surface area contributed by atoms with Gasteiger partial charge in [0.25, 0.3) is 0 Å². The number of likely N-dealkylation sites (tertiary alicyclic amines) is 1. The number of piperidine rings is 1. The second kappa shape index (κ2) is 6.87. The van der Waals surface area contributed by atoms with Gasteiger partial charge in [-0.3, -0.25) is 0 Å². The van der Waals surface area contributed by atoms with E-state index in [4.69, 9.17) is 0 Å². The van der Waals surface area contributed by atoms with Gasteiger partial charge in [0.1, 0.15) is 6.17 Å². The largest absolute Gasteiger partial charge is 0.300 e. The predicted octanol–water partition coefficient (Wildman–Crippen LogP) is 3.60. The van der Waals surface area contributed by atoms with E-state index < -0.39 is 6.17 Å². The average Bonchev–Trinajstić information content (AvgIpc) is 2.31. The van der Waals surface area contributed by atoms with Crippen molar-refractivity contribution in [3.63, 3.8) is 0 Å². The number of benzene rings is 1. The van der Waals surface area contributed by atoms with E-state index in [0.29, 0.717) is 6.54 Å². The number of hydrogen-bond acceptors (Lipinski definition) is 1. The minimum Gasteiger partial charge on any atom is -0.300 e. The molecule has 0 amide bonds. The molecule has 0 saturated carbocycles. The van der Waals surface area contributed by atoms with Gasteiger partial charge < -0.3 is 4.90 Å². The Labute approximate surface area is 103 Å². The van der Waals surface area contributed by atoms with Gasteiger partial charge in [-0.15, -0.1) is 12.4 Å². The highest BCUT2D eigenvalue weighted by Crippen LogP contribution is 2.20. The zero-order valence-corrected chi connectivity index (χ0v) is 10.3. The summed E-state index contributed by atoms with van der Waals surface area (Å²) in [7, 11) is 0. The third kappa shape index (κ3) is 3.76. The zero-order chi connectivity index (χ0) is 10.5. The Hall–Kier alpha value is -0.600. The van der Waals surface area contributed by atoms with Crippen molar-refractivity contribution in [2.75, 3.05) is 19.6 Å². The summed E-state index contributed by atoms with van der Waals surface area (Å²) in [5.74, 6) is 0. The van der Waals surface area contributed by atoms with Crippen molar-refractivity contribution in [3.8, 4) is 0 Å². The maximum absolute atomic E-state index is 13.9. The molecule has 0 aromatic heterocycles. The molecule has 90 valence electrons. The van der Waals surface area contributed by atoms with Crippen LogP contribution in [0, 0.1) is 0 Å². The minimum absolute atomic E-state index is 0. The van der Waals surface area contributed by atoms with Gasteiger partial charge in [-0.05, 0) is 31.5 Å². The van der Waals surface area contributed by atoms with E-state index in [1.54, 1.807) is 0 Å². The summed E-state index contributed by atoms with van der Waals surface area (Å²) in [5.41, 5.74) is 0.808. The van der Waals surface area contributed by atoms with Crippen molar-refractivity contribution < 1.29 is 4.39 Å².